The Morgan fingerprint density at radius 3 is 2.79 bits per heavy atom. The molecule has 0 bridgehead atoms. The van der Waals surface area contributed by atoms with E-state index >= 15 is 0 Å². The number of hydrogen-bond acceptors (Lipinski definition) is 4. The molecule has 3 heterocycles. The van der Waals surface area contributed by atoms with E-state index in [1.54, 1.807) is 6.20 Å². The van der Waals surface area contributed by atoms with Crippen LogP contribution in [0.15, 0.2) is 12.4 Å². The second-order valence-electron chi connectivity index (χ2n) is 5.32. The third-order valence-corrected chi connectivity index (χ3v) is 3.95. The van der Waals surface area contributed by atoms with Gasteiger partial charge in [-0.2, -0.15) is 5.10 Å². The summed E-state index contributed by atoms with van der Waals surface area (Å²) in [5, 5.41) is 3.92. The highest BCUT2D eigenvalue weighted by Crippen LogP contribution is 2.45. The van der Waals surface area contributed by atoms with Crippen molar-refractivity contribution in [2.75, 3.05) is 18.0 Å². The van der Waals surface area contributed by atoms with Gasteiger partial charge in [-0.05, 0) is 18.3 Å². The number of rotatable bonds is 3. The average Bonchev–Trinajstić information content (AvgIpc) is 2.83. The zero-order chi connectivity index (χ0) is 13.0. The van der Waals surface area contributed by atoms with Crippen molar-refractivity contribution < 1.29 is 8.78 Å². The number of aromatic nitrogens is 4. The minimum absolute atomic E-state index is 0.438. The Kier molecular flexibility index (Phi) is 2.24. The lowest BCUT2D eigenvalue weighted by molar-refractivity contribution is 0.123. The van der Waals surface area contributed by atoms with Crippen LogP contribution in [0, 0.1) is 11.8 Å². The zero-order valence-electron chi connectivity index (χ0n) is 10.2. The lowest BCUT2D eigenvalue weighted by atomic mass is 10.4. The first kappa shape index (κ1) is 11.1. The summed E-state index contributed by atoms with van der Waals surface area (Å²) in [5.74, 6) is 2.36. The first-order valence-corrected chi connectivity index (χ1v) is 6.42. The van der Waals surface area contributed by atoms with Gasteiger partial charge in [0.1, 0.15) is 17.9 Å². The van der Waals surface area contributed by atoms with Crippen molar-refractivity contribution in [3.8, 4) is 0 Å². The molecule has 7 heteroatoms. The van der Waals surface area contributed by atoms with Crippen molar-refractivity contribution in [3.63, 3.8) is 0 Å². The van der Waals surface area contributed by atoms with Crippen LogP contribution in [-0.2, 0) is 6.54 Å². The Morgan fingerprint density at radius 1 is 1.26 bits per heavy atom. The van der Waals surface area contributed by atoms with E-state index in [1.165, 1.54) is 17.3 Å². The summed E-state index contributed by atoms with van der Waals surface area (Å²) in [6.07, 6.45) is 2.07. The maximum Gasteiger partial charge on any atom is 0.258 e. The SMILES string of the molecule is FC(F)Cn1ncc2ncc(N3CC4CC4C3)nc21. The molecule has 5 nitrogen and oxygen atoms in total. The minimum atomic E-state index is -2.44. The highest BCUT2D eigenvalue weighted by atomic mass is 19.3. The van der Waals surface area contributed by atoms with Crippen molar-refractivity contribution >= 4 is 17.0 Å². The molecule has 2 unspecified atom stereocenters. The van der Waals surface area contributed by atoms with Crippen molar-refractivity contribution in [2.24, 2.45) is 11.8 Å². The number of halogens is 2. The molecule has 2 atom stereocenters. The van der Waals surface area contributed by atoms with E-state index in [0.29, 0.717) is 11.2 Å². The molecule has 2 aromatic rings. The van der Waals surface area contributed by atoms with Crippen LogP contribution >= 0.6 is 0 Å². The van der Waals surface area contributed by atoms with Gasteiger partial charge in [-0.15, -0.1) is 0 Å². The van der Waals surface area contributed by atoms with Gasteiger partial charge < -0.3 is 4.90 Å². The predicted octanol–water partition coefficient (Wildman–Crippen LogP) is 1.55. The number of anilines is 1. The van der Waals surface area contributed by atoms with Gasteiger partial charge in [0.2, 0.25) is 0 Å². The molecule has 0 N–H and O–H groups in total. The highest BCUT2D eigenvalue weighted by molar-refractivity contribution is 5.71. The van der Waals surface area contributed by atoms with Crippen LogP contribution in [0.4, 0.5) is 14.6 Å². The van der Waals surface area contributed by atoms with Crippen LogP contribution in [0.25, 0.3) is 11.2 Å². The fraction of sp³-hybridized carbons (Fsp3) is 0.583. The lowest BCUT2D eigenvalue weighted by Gasteiger charge is -2.18. The standard InChI is InChI=1S/C12H13F2N5/c13-10(14)6-19-12-9(2-16-19)15-3-11(17-12)18-4-7-1-8(7)5-18/h2-3,7-8,10H,1,4-6H2. The Labute approximate surface area is 108 Å². The molecule has 0 spiro atoms. The Bertz CT molecular complexity index is 616. The van der Waals surface area contributed by atoms with Gasteiger partial charge >= 0.3 is 0 Å². The predicted molar refractivity (Wildman–Crippen MR) is 65.1 cm³/mol. The van der Waals surface area contributed by atoms with E-state index in [2.05, 4.69) is 20.0 Å². The van der Waals surface area contributed by atoms with Crippen molar-refractivity contribution in [1.82, 2.24) is 19.7 Å². The molecule has 1 saturated heterocycles. The van der Waals surface area contributed by atoms with Gasteiger partial charge in [0.15, 0.2) is 5.65 Å². The monoisotopic (exact) mass is 265 g/mol. The van der Waals surface area contributed by atoms with Crippen LogP contribution in [0.3, 0.4) is 0 Å². The van der Waals surface area contributed by atoms with Crippen molar-refractivity contribution in [2.45, 2.75) is 19.4 Å². The molecule has 1 aliphatic heterocycles. The smallest absolute Gasteiger partial charge is 0.258 e. The first-order valence-electron chi connectivity index (χ1n) is 6.42. The maximum atomic E-state index is 12.5. The summed E-state index contributed by atoms with van der Waals surface area (Å²) in [7, 11) is 0. The van der Waals surface area contributed by atoms with Crippen molar-refractivity contribution in [3.05, 3.63) is 12.4 Å². The summed E-state index contributed by atoms with van der Waals surface area (Å²) < 4.78 is 26.2. The molecule has 2 aliphatic rings. The van der Waals surface area contributed by atoms with E-state index in [1.807, 2.05) is 0 Å². The van der Waals surface area contributed by atoms with E-state index in [4.69, 9.17) is 0 Å². The Hall–Kier alpha value is -1.79. The topological polar surface area (TPSA) is 46.8 Å². The van der Waals surface area contributed by atoms with Crippen LogP contribution in [0.2, 0.25) is 0 Å². The minimum Gasteiger partial charge on any atom is -0.355 e. The maximum absolute atomic E-state index is 12.5. The second-order valence-corrected chi connectivity index (χ2v) is 5.32. The zero-order valence-corrected chi connectivity index (χ0v) is 10.2. The van der Waals surface area contributed by atoms with E-state index in [0.717, 1.165) is 30.7 Å². The Balaban J connectivity index is 1.68. The van der Waals surface area contributed by atoms with Gasteiger partial charge in [0.25, 0.3) is 6.43 Å². The molecule has 19 heavy (non-hydrogen) atoms. The van der Waals surface area contributed by atoms with Crippen molar-refractivity contribution in [1.29, 1.82) is 0 Å². The summed E-state index contributed by atoms with van der Waals surface area (Å²) in [5.41, 5.74) is 1.01. The summed E-state index contributed by atoms with van der Waals surface area (Å²) in [6.45, 7) is 1.58. The quantitative estimate of drug-likeness (QED) is 0.844. The molecule has 0 radical (unpaired) electrons. The molecule has 2 fully saturated rings. The van der Waals surface area contributed by atoms with Crippen LogP contribution in [0.1, 0.15) is 6.42 Å². The number of fused-ring (bicyclic) bond motifs is 2. The van der Waals surface area contributed by atoms with Gasteiger partial charge in [0.05, 0.1) is 12.4 Å². The summed E-state index contributed by atoms with van der Waals surface area (Å²) in [6, 6.07) is 0. The molecular weight excluding hydrogens is 252 g/mol. The van der Waals surface area contributed by atoms with E-state index < -0.39 is 13.0 Å². The fourth-order valence-electron chi connectivity index (χ4n) is 2.84. The molecule has 4 rings (SSSR count). The fourth-order valence-corrected chi connectivity index (χ4v) is 2.84. The number of alkyl halides is 2. The molecule has 2 aromatic heterocycles. The van der Waals surface area contributed by atoms with Gasteiger partial charge in [0, 0.05) is 13.1 Å². The van der Waals surface area contributed by atoms with E-state index in [9.17, 15) is 8.78 Å². The molecule has 0 aromatic carbocycles. The Morgan fingerprint density at radius 2 is 2.05 bits per heavy atom. The highest BCUT2D eigenvalue weighted by Gasteiger charge is 2.45. The van der Waals surface area contributed by atoms with E-state index in [-0.39, 0.29) is 0 Å². The van der Waals surface area contributed by atoms with Crippen LogP contribution in [-0.4, -0.2) is 39.3 Å². The second kappa shape index (κ2) is 3.85. The third kappa shape index (κ3) is 1.84. The molecule has 1 saturated carbocycles. The number of piperidine rings is 1. The number of nitrogens with zero attached hydrogens (tertiary/aromatic N) is 5. The average molecular weight is 265 g/mol. The van der Waals surface area contributed by atoms with Gasteiger partial charge in [-0.1, -0.05) is 0 Å². The first-order chi connectivity index (χ1) is 9.20. The number of hydrogen-bond donors (Lipinski definition) is 0. The molecule has 1 aliphatic carbocycles. The van der Waals surface area contributed by atoms with Crippen LogP contribution < -0.4 is 4.90 Å². The summed E-state index contributed by atoms with van der Waals surface area (Å²) >= 11 is 0. The lowest BCUT2D eigenvalue weighted by Crippen LogP contribution is -2.23. The van der Waals surface area contributed by atoms with Gasteiger partial charge in [-0.25, -0.2) is 23.4 Å². The molecule has 0 amide bonds. The molecule has 100 valence electrons. The summed E-state index contributed by atoms with van der Waals surface area (Å²) in [4.78, 5) is 10.9. The normalized spacial score (nSPS) is 25.3. The molecular formula is C12H13F2N5. The van der Waals surface area contributed by atoms with Crippen LogP contribution in [0.5, 0.6) is 0 Å². The van der Waals surface area contributed by atoms with Gasteiger partial charge in [-0.3, -0.25) is 0 Å². The largest absolute Gasteiger partial charge is 0.355 e. The third-order valence-electron chi connectivity index (χ3n) is 3.95.